The molecule has 3 rings (SSSR count). The average molecular weight is 269 g/mol. The first-order chi connectivity index (χ1) is 9.56. The standard InChI is InChI=1S/C14H15N5O/c1-9-11(8-18(2)16-9)15-14(20)13-10-6-4-5-7-12(10)19(3)17-13/h4-8H,1-3H3,(H,15,20). The van der Waals surface area contributed by atoms with E-state index < -0.39 is 0 Å². The van der Waals surface area contributed by atoms with Crippen LogP contribution in [0.15, 0.2) is 30.5 Å². The monoisotopic (exact) mass is 269 g/mol. The Morgan fingerprint density at radius 2 is 1.95 bits per heavy atom. The zero-order chi connectivity index (χ0) is 14.3. The van der Waals surface area contributed by atoms with Gasteiger partial charge in [0.05, 0.1) is 16.9 Å². The van der Waals surface area contributed by atoms with Gasteiger partial charge in [-0.3, -0.25) is 14.2 Å². The number of carbonyl (C=O) groups excluding carboxylic acids is 1. The number of hydrogen-bond acceptors (Lipinski definition) is 3. The third-order valence-electron chi connectivity index (χ3n) is 3.23. The van der Waals surface area contributed by atoms with E-state index >= 15 is 0 Å². The third-order valence-corrected chi connectivity index (χ3v) is 3.23. The maximum atomic E-state index is 12.4. The van der Waals surface area contributed by atoms with Crippen LogP contribution in [-0.4, -0.2) is 25.5 Å². The van der Waals surface area contributed by atoms with E-state index in [1.54, 1.807) is 15.6 Å². The molecule has 0 aliphatic rings. The van der Waals surface area contributed by atoms with E-state index in [-0.39, 0.29) is 5.91 Å². The van der Waals surface area contributed by atoms with Crippen LogP contribution in [0.4, 0.5) is 5.69 Å². The van der Waals surface area contributed by atoms with Crippen LogP contribution in [0.3, 0.4) is 0 Å². The quantitative estimate of drug-likeness (QED) is 0.772. The summed E-state index contributed by atoms with van der Waals surface area (Å²) in [5, 5.41) is 12.2. The van der Waals surface area contributed by atoms with Crippen molar-refractivity contribution >= 4 is 22.5 Å². The lowest BCUT2D eigenvalue weighted by Gasteiger charge is -2.00. The molecule has 6 heteroatoms. The third kappa shape index (κ3) is 1.95. The van der Waals surface area contributed by atoms with Crippen LogP contribution in [0.1, 0.15) is 16.2 Å². The Bertz CT molecular complexity index is 799. The maximum absolute atomic E-state index is 12.4. The van der Waals surface area contributed by atoms with Gasteiger partial charge in [0.25, 0.3) is 5.91 Å². The van der Waals surface area contributed by atoms with Crippen LogP contribution in [0.25, 0.3) is 10.9 Å². The molecule has 0 bridgehead atoms. The van der Waals surface area contributed by atoms with Gasteiger partial charge in [-0.1, -0.05) is 18.2 Å². The molecule has 20 heavy (non-hydrogen) atoms. The van der Waals surface area contributed by atoms with E-state index in [9.17, 15) is 4.79 Å². The largest absolute Gasteiger partial charge is 0.318 e. The van der Waals surface area contributed by atoms with E-state index in [4.69, 9.17) is 0 Å². The highest BCUT2D eigenvalue weighted by Gasteiger charge is 2.17. The molecule has 0 saturated heterocycles. The number of rotatable bonds is 2. The minimum Gasteiger partial charge on any atom is -0.318 e. The predicted octanol–water partition coefficient (Wildman–Crippen LogP) is 1.87. The number of para-hydroxylation sites is 1. The Hall–Kier alpha value is -2.63. The van der Waals surface area contributed by atoms with Gasteiger partial charge in [-0.25, -0.2) is 0 Å². The normalized spacial score (nSPS) is 10.9. The second-order valence-electron chi connectivity index (χ2n) is 4.75. The molecule has 0 spiro atoms. The summed E-state index contributed by atoms with van der Waals surface area (Å²) in [6.45, 7) is 1.85. The molecule has 1 aromatic carbocycles. The second kappa shape index (κ2) is 4.48. The molecule has 102 valence electrons. The predicted molar refractivity (Wildman–Crippen MR) is 76.6 cm³/mol. The number of aromatic nitrogens is 4. The number of nitrogens with one attached hydrogen (secondary N) is 1. The highest BCUT2D eigenvalue weighted by atomic mass is 16.2. The highest BCUT2D eigenvalue weighted by molar-refractivity contribution is 6.11. The topological polar surface area (TPSA) is 64.7 Å². The summed E-state index contributed by atoms with van der Waals surface area (Å²) < 4.78 is 3.38. The maximum Gasteiger partial charge on any atom is 0.276 e. The second-order valence-corrected chi connectivity index (χ2v) is 4.75. The van der Waals surface area contributed by atoms with Gasteiger partial charge in [-0.15, -0.1) is 0 Å². The van der Waals surface area contributed by atoms with Gasteiger partial charge in [0.1, 0.15) is 0 Å². The lowest BCUT2D eigenvalue weighted by atomic mass is 10.2. The molecule has 0 saturated carbocycles. The molecule has 0 aliphatic heterocycles. The summed E-state index contributed by atoms with van der Waals surface area (Å²) in [6.07, 6.45) is 1.78. The smallest absolute Gasteiger partial charge is 0.276 e. The zero-order valence-corrected chi connectivity index (χ0v) is 11.6. The molecule has 2 aromatic heterocycles. The van der Waals surface area contributed by atoms with Crippen LogP contribution >= 0.6 is 0 Å². The van der Waals surface area contributed by atoms with Crippen molar-refractivity contribution in [3.63, 3.8) is 0 Å². The number of amides is 1. The fourth-order valence-electron chi connectivity index (χ4n) is 2.29. The molecule has 0 radical (unpaired) electrons. The number of nitrogens with zero attached hydrogens (tertiary/aromatic N) is 4. The number of hydrogen-bond donors (Lipinski definition) is 1. The first-order valence-electron chi connectivity index (χ1n) is 6.29. The van der Waals surface area contributed by atoms with Crippen molar-refractivity contribution in [2.24, 2.45) is 14.1 Å². The van der Waals surface area contributed by atoms with Gasteiger partial charge in [-0.2, -0.15) is 10.2 Å². The first kappa shape index (κ1) is 12.4. The van der Waals surface area contributed by atoms with E-state index in [2.05, 4.69) is 15.5 Å². The van der Waals surface area contributed by atoms with E-state index in [0.29, 0.717) is 11.4 Å². The van der Waals surface area contributed by atoms with Crippen LogP contribution in [0.2, 0.25) is 0 Å². The van der Waals surface area contributed by atoms with Crippen LogP contribution in [-0.2, 0) is 14.1 Å². The Kier molecular flexibility index (Phi) is 2.78. The molecule has 0 aliphatic carbocycles. The summed E-state index contributed by atoms with van der Waals surface area (Å²) in [5.74, 6) is -0.224. The Morgan fingerprint density at radius 3 is 2.65 bits per heavy atom. The minimum absolute atomic E-state index is 0.224. The molecule has 0 atom stereocenters. The Morgan fingerprint density at radius 1 is 1.20 bits per heavy atom. The van der Waals surface area contributed by atoms with Crippen molar-refractivity contribution in [3.8, 4) is 0 Å². The minimum atomic E-state index is -0.224. The molecule has 1 amide bonds. The molecule has 1 N–H and O–H groups in total. The average Bonchev–Trinajstić information content (AvgIpc) is 2.91. The van der Waals surface area contributed by atoms with E-state index in [1.165, 1.54) is 0 Å². The van der Waals surface area contributed by atoms with E-state index in [0.717, 1.165) is 16.6 Å². The van der Waals surface area contributed by atoms with Crippen molar-refractivity contribution in [2.45, 2.75) is 6.92 Å². The number of carbonyl (C=O) groups is 1. The number of benzene rings is 1. The summed E-state index contributed by atoms with van der Waals surface area (Å²) >= 11 is 0. The summed E-state index contributed by atoms with van der Waals surface area (Å²) in [7, 11) is 3.65. The molecule has 0 fully saturated rings. The van der Waals surface area contributed by atoms with Crippen LogP contribution in [0.5, 0.6) is 0 Å². The molecular weight excluding hydrogens is 254 g/mol. The van der Waals surface area contributed by atoms with Gasteiger partial charge < -0.3 is 5.32 Å². The lowest BCUT2D eigenvalue weighted by Crippen LogP contribution is -2.13. The molecule has 0 unspecified atom stereocenters. The fraction of sp³-hybridized carbons (Fsp3) is 0.214. The number of fused-ring (bicyclic) bond motifs is 1. The molecular formula is C14H15N5O. The van der Waals surface area contributed by atoms with Crippen molar-refractivity contribution in [2.75, 3.05) is 5.32 Å². The van der Waals surface area contributed by atoms with Crippen LogP contribution in [0, 0.1) is 6.92 Å². The van der Waals surface area contributed by atoms with Gasteiger partial charge in [-0.05, 0) is 13.0 Å². The molecule has 2 heterocycles. The Labute approximate surface area is 116 Å². The number of aryl methyl sites for hydroxylation is 3. The first-order valence-corrected chi connectivity index (χ1v) is 6.29. The fourth-order valence-corrected chi connectivity index (χ4v) is 2.29. The van der Waals surface area contributed by atoms with Gasteiger partial charge in [0.15, 0.2) is 5.69 Å². The lowest BCUT2D eigenvalue weighted by molar-refractivity contribution is 0.102. The van der Waals surface area contributed by atoms with Crippen molar-refractivity contribution in [3.05, 3.63) is 41.9 Å². The van der Waals surface area contributed by atoms with Crippen molar-refractivity contribution in [1.82, 2.24) is 19.6 Å². The SMILES string of the molecule is Cc1nn(C)cc1NC(=O)c1nn(C)c2ccccc12. The number of anilines is 1. The van der Waals surface area contributed by atoms with Gasteiger partial charge >= 0.3 is 0 Å². The summed E-state index contributed by atoms with van der Waals surface area (Å²) in [6, 6.07) is 7.66. The summed E-state index contributed by atoms with van der Waals surface area (Å²) in [4.78, 5) is 12.4. The zero-order valence-electron chi connectivity index (χ0n) is 11.6. The van der Waals surface area contributed by atoms with E-state index in [1.807, 2.05) is 45.3 Å². The molecule has 3 aromatic rings. The highest BCUT2D eigenvalue weighted by Crippen LogP contribution is 2.19. The van der Waals surface area contributed by atoms with Gasteiger partial charge in [0, 0.05) is 25.7 Å². The van der Waals surface area contributed by atoms with Gasteiger partial charge in [0.2, 0.25) is 0 Å². The van der Waals surface area contributed by atoms with Crippen LogP contribution < -0.4 is 5.32 Å². The molecule has 6 nitrogen and oxygen atoms in total. The summed E-state index contributed by atoms with van der Waals surface area (Å²) in [5.41, 5.74) is 2.83. The Balaban J connectivity index is 1.99. The van der Waals surface area contributed by atoms with Crippen molar-refractivity contribution in [1.29, 1.82) is 0 Å². The van der Waals surface area contributed by atoms with Crippen molar-refractivity contribution < 1.29 is 4.79 Å².